The summed E-state index contributed by atoms with van der Waals surface area (Å²) in [7, 11) is 0. The Morgan fingerprint density at radius 2 is 1.51 bits per heavy atom. The van der Waals surface area contributed by atoms with Crippen LogP contribution < -0.4 is 9.47 Å². The summed E-state index contributed by atoms with van der Waals surface area (Å²) in [4.78, 5) is 0. The third-order valence-corrected chi connectivity index (χ3v) is 8.46. The molecule has 0 saturated heterocycles. The lowest BCUT2D eigenvalue weighted by Gasteiger charge is -2.28. The molecule has 37 heavy (non-hydrogen) atoms. The summed E-state index contributed by atoms with van der Waals surface area (Å²) in [5.41, 5.74) is 3.19. The zero-order valence-electron chi connectivity index (χ0n) is 21.5. The normalized spacial score (nSPS) is 18.2. The summed E-state index contributed by atoms with van der Waals surface area (Å²) >= 11 is 1.19. The molecule has 1 heterocycles. The van der Waals surface area contributed by atoms with Gasteiger partial charge in [-0.3, -0.25) is 0 Å². The predicted octanol–water partition coefficient (Wildman–Crippen LogP) is 10.2. The molecule has 1 saturated carbocycles. The fourth-order valence-corrected chi connectivity index (χ4v) is 6.45. The van der Waals surface area contributed by atoms with Crippen molar-refractivity contribution in [3.8, 4) is 21.9 Å². The van der Waals surface area contributed by atoms with Crippen LogP contribution in [0.25, 0.3) is 21.2 Å². The molecule has 194 valence electrons. The van der Waals surface area contributed by atoms with Gasteiger partial charge in [0.05, 0.1) is 12.2 Å². The molecule has 0 bridgehead atoms. The number of alkyl halides is 2. The summed E-state index contributed by atoms with van der Waals surface area (Å²) in [6, 6.07) is 22.3. The van der Waals surface area contributed by atoms with Gasteiger partial charge in [0.1, 0.15) is 5.75 Å². The maximum atomic E-state index is 15.0. The summed E-state index contributed by atoms with van der Waals surface area (Å²) in [6.07, 6.45) is 4.39. The Morgan fingerprint density at radius 1 is 0.838 bits per heavy atom. The van der Waals surface area contributed by atoms with Gasteiger partial charge in [0, 0.05) is 4.70 Å². The van der Waals surface area contributed by atoms with Crippen LogP contribution in [-0.4, -0.2) is 6.61 Å². The van der Waals surface area contributed by atoms with Crippen LogP contribution in [0.3, 0.4) is 0 Å². The van der Waals surface area contributed by atoms with Crippen LogP contribution in [0.5, 0.6) is 10.8 Å². The zero-order valence-corrected chi connectivity index (χ0v) is 22.3. The van der Waals surface area contributed by atoms with Crippen LogP contribution in [0.1, 0.15) is 69.4 Å². The molecule has 0 spiro atoms. The fraction of sp³-hybridized carbons (Fsp3) is 0.375. The lowest BCUT2D eigenvalue weighted by atomic mass is 9.77. The molecule has 5 rings (SSSR count). The number of thiophene rings is 1. The first-order valence-corrected chi connectivity index (χ1v) is 14.2. The molecule has 1 aromatic heterocycles. The largest absolute Gasteiger partial charge is 0.494 e. The van der Waals surface area contributed by atoms with Gasteiger partial charge in [0.25, 0.3) is 0 Å². The maximum Gasteiger partial charge on any atom is 0.427 e. The first kappa shape index (κ1) is 25.7. The first-order chi connectivity index (χ1) is 17.9. The van der Waals surface area contributed by atoms with Crippen molar-refractivity contribution in [1.29, 1.82) is 0 Å². The molecular formula is C32H34F2O2S. The van der Waals surface area contributed by atoms with Gasteiger partial charge < -0.3 is 9.47 Å². The van der Waals surface area contributed by atoms with E-state index in [1.54, 1.807) is 18.2 Å². The minimum atomic E-state index is -3.43. The predicted molar refractivity (Wildman–Crippen MR) is 149 cm³/mol. The highest BCUT2D eigenvalue weighted by molar-refractivity contribution is 7.20. The Kier molecular flexibility index (Phi) is 7.80. The number of benzene rings is 3. The Hall–Kier alpha value is -2.92. The Labute approximate surface area is 222 Å². The minimum Gasteiger partial charge on any atom is -0.494 e. The average Bonchev–Trinajstić information content (AvgIpc) is 3.30. The molecule has 0 amide bonds. The molecular weight excluding hydrogens is 486 g/mol. The highest BCUT2D eigenvalue weighted by Gasteiger charge is 2.35. The molecule has 0 unspecified atom stereocenters. The van der Waals surface area contributed by atoms with Gasteiger partial charge in [-0.05, 0) is 103 Å². The highest BCUT2D eigenvalue weighted by atomic mass is 32.1. The monoisotopic (exact) mass is 520 g/mol. The number of hydrogen-bond acceptors (Lipinski definition) is 3. The van der Waals surface area contributed by atoms with Crippen LogP contribution in [0.4, 0.5) is 8.78 Å². The summed E-state index contributed by atoms with van der Waals surface area (Å²) in [5, 5.41) is 1.03. The third kappa shape index (κ3) is 5.98. The van der Waals surface area contributed by atoms with Crippen LogP contribution in [0.2, 0.25) is 0 Å². The van der Waals surface area contributed by atoms with Gasteiger partial charge >= 0.3 is 6.11 Å². The second kappa shape index (κ2) is 11.2. The Bertz CT molecular complexity index is 1300. The standard InChI is InChI=1S/C32H34F2O2S/c1-3-5-22-6-8-23(9-7-22)24-10-12-25(13-11-24)26-14-17-28(18-15-26)32(33,34)36-31-20-27-16-19-29(35-4-2)21-30(27)37-31/h10-23H,3-9H2,1-2H3. The number of hydrogen-bond donors (Lipinski definition) is 0. The van der Waals surface area contributed by atoms with Crippen molar-refractivity contribution in [2.75, 3.05) is 6.61 Å². The van der Waals surface area contributed by atoms with E-state index in [-0.39, 0.29) is 10.6 Å². The number of rotatable bonds is 9. The Balaban J connectivity index is 1.24. The summed E-state index contributed by atoms with van der Waals surface area (Å²) < 4.78 is 41.5. The highest BCUT2D eigenvalue weighted by Crippen LogP contribution is 2.41. The molecule has 1 aliphatic carbocycles. The van der Waals surface area contributed by atoms with Crippen molar-refractivity contribution in [2.24, 2.45) is 5.92 Å². The topological polar surface area (TPSA) is 18.5 Å². The number of halogens is 2. The van der Waals surface area contributed by atoms with E-state index >= 15 is 0 Å². The van der Waals surface area contributed by atoms with E-state index in [2.05, 4.69) is 31.2 Å². The summed E-state index contributed by atoms with van der Waals surface area (Å²) in [6.45, 7) is 4.74. The molecule has 0 atom stereocenters. The van der Waals surface area contributed by atoms with Crippen LogP contribution in [-0.2, 0) is 6.11 Å². The van der Waals surface area contributed by atoms with Crippen molar-refractivity contribution in [2.45, 2.75) is 64.4 Å². The van der Waals surface area contributed by atoms with Gasteiger partial charge in [-0.1, -0.05) is 67.5 Å². The molecule has 0 aliphatic heterocycles. The zero-order chi connectivity index (χ0) is 25.8. The van der Waals surface area contributed by atoms with Crippen molar-refractivity contribution >= 4 is 21.4 Å². The van der Waals surface area contributed by atoms with E-state index in [0.717, 1.165) is 32.9 Å². The quantitative estimate of drug-likeness (QED) is 0.219. The van der Waals surface area contributed by atoms with Crippen molar-refractivity contribution in [3.05, 3.63) is 83.9 Å². The van der Waals surface area contributed by atoms with Gasteiger partial charge in [-0.15, -0.1) is 0 Å². The Morgan fingerprint density at radius 3 is 2.16 bits per heavy atom. The number of fused-ring (bicyclic) bond motifs is 1. The van der Waals surface area contributed by atoms with E-state index in [1.165, 1.54) is 67.6 Å². The molecule has 4 aromatic rings. The molecule has 1 aliphatic rings. The van der Waals surface area contributed by atoms with Gasteiger partial charge in [-0.25, -0.2) is 0 Å². The van der Waals surface area contributed by atoms with E-state index in [0.29, 0.717) is 12.5 Å². The van der Waals surface area contributed by atoms with E-state index in [1.807, 2.05) is 25.1 Å². The number of ether oxygens (including phenoxy) is 2. The molecule has 5 heteroatoms. The van der Waals surface area contributed by atoms with E-state index < -0.39 is 6.11 Å². The average molecular weight is 521 g/mol. The van der Waals surface area contributed by atoms with Crippen LogP contribution in [0.15, 0.2) is 72.8 Å². The molecule has 2 nitrogen and oxygen atoms in total. The lowest BCUT2D eigenvalue weighted by Crippen LogP contribution is -2.21. The maximum absolute atomic E-state index is 15.0. The SMILES string of the molecule is CCCC1CCC(c2ccc(-c3ccc(C(F)(F)Oc4cc5ccc(OCC)cc5s4)cc3)cc2)CC1. The van der Waals surface area contributed by atoms with Gasteiger partial charge in [0.2, 0.25) is 0 Å². The van der Waals surface area contributed by atoms with Crippen LogP contribution in [0, 0.1) is 5.92 Å². The van der Waals surface area contributed by atoms with Crippen molar-refractivity contribution in [3.63, 3.8) is 0 Å². The van der Waals surface area contributed by atoms with Gasteiger partial charge in [0.15, 0.2) is 5.06 Å². The second-order valence-corrected chi connectivity index (χ2v) is 11.1. The second-order valence-electron chi connectivity index (χ2n) is 10.0. The fourth-order valence-electron chi connectivity index (χ4n) is 5.48. The minimum absolute atomic E-state index is 0.163. The molecule has 0 radical (unpaired) electrons. The lowest BCUT2D eigenvalue weighted by molar-refractivity contribution is -0.183. The van der Waals surface area contributed by atoms with Crippen molar-refractivity contribution < 1.29 is 18.3 Å². The molecule has 0 N–H and O–H groups in total. The summed E-state index contributed by atoms with van der Waals surface area (Å²) in [5.74, 6) is 2.26. The third-order valence-electron chi connectivity index (χ3n) is 7.49. The van der Waals surface area contributed by atoms with Crippen LogP contribution >= 0.6 is 11.3 Å². The van der Waals surface area contributed by atoms with E-state index in [9.17, 15) is 8.78 Å². The van der Waals surface area contributed by atoms with Crippen molar-refractivity contribution in [1.82, 2.24) is 0 Å². The smallest absolute Gasteiger partial charge is 0.427 e. The molecule has 1 fully saturated rings. The molecule has 3 aromatic carbocycles. The van der Waals surface area contributed by atoms with Gasteiger partial charge in [-0.2, -0.15) is 8.78 Å². The van der Waals surface area contributed by atoms with E-state index in [4.69, 9.17) is 9.47 Å². The first-order valence-electron chi connectivity index (χ1n) is 13.4.